The second-order valence-electron chi connectivity index (χ2n) is 4.60. The molecule has 6 heteroatoms. The molecule has 0 aliphatic heterocycles. The van der Waals surface area contributed by atoms with Gasteiger partial charge in [0.2, 0.25) is 10.0 Å². The molecular formula is C14H17N3O2S. The van der Waals surface area contributed by atoms with Gasteiger partial charge in [0.25, 0.3) is 0 Å². The zero-order valence-corrected chi connectivity index (χ0v) is 12.0. The number of hydrogen-bond donors (Lipinski definition) is 2. The van der Waals surface area contributed by atoms with E-state index in [9.17, 15) is 8.42 Å². The summed E-state index contributed by atoms with van der Waals surface area (Å²) in [6, 6.07) is 6.31. The van der Waals surface area contributed by atoms with Crippen molar-refractivity contribution in [2.75, 3.05) is 5.73 Å². The minimum Gasteiger partial charge on any atom is -0.398 e. The number of nitrogens with one attached hydrogen (secondary N) is 1. The van der Waals surface area contributed by atoms with Crippen LogP contribution in [0, 0.1) is 0 Å². The van der Waals surface area contributed by atoms with Crippen molar-refractivity contribution in [2.45, 2.75) is 24.3 Å². The van der Waals surface area contributed by atoms with Gasteiger partial charge in [-0.25, -0.2) is 13.1 Å². The number of nitrogens with zero attached hydrogens (tertiary/aromatic N) is 1. The Kier molecular flexibility index (Phi) is 4.06. The number of pyridine rings is 1. The molecule has 0 saturated heterocycles. The summed E-state index contributed by atoms with van der Waals surface area (Å²) in [5, 5.41) is 0.631. The molecule has 0 saturated carbocycles. The largest absolute Gasteiger partial charge is 0.398 e. The van der Waals surface area contributed by atoms with Crippen molar-refractivity contribution >= 4 is 26.6 Å². The molecule has 1 unspecified atom stereocenters. The predicted octanol–water partition coefficient (Wildman–Crippen LogP) is 2.06. The van der Waals surface area contributed by atoms with Gasteiger partial charge >= 0.3 is 0 Å². The predicted molar refractivity (Wildman–Crippen MR) is 80.8 cm³/mol. The fraction of sp³-hybridized carbons (Fsp3) is 0.214. The first-order valence-corrected chi connectivity index (χ1v) is 7.70. The number of sulfonamides is 1. The molecule has 2 aromatic rings. The summed E-state index contributed by atoms with van der Waals surface area (Å²) >= 11 is 0. The van der Waals surface area contributed by atoms with Crippen LogP contribution < -0.4 is 10.5 Å². The van der Waals surface area contributed by atoms with Gasteiger partial charge in [0.1, 0.15) is 4.90 Å². The van der Waals surface area contributed by atoms with Crippen LogP contribution in [0.1, 0.15) is 13.3 Å². The third-order valence-corrected chi connectivity index (χ3v) is 4.55. The minimum atomic E-state index is -3.64. The van der Waals surface area contributed by atoms with Gasteiger partial charge in [0.05, 0.1) is 5.52 Å². The van der Waals surface area contributed by atoms with Crippen molar-refractivity contribution in [3.05, 3.63) is 43.1 Å². The number of hydrogen-bond acceptors (Lipinski definition) is 4. The normalized spacial score (nSPS) is 13.2. The Balaban J connectivity index is 2.52. The lowest BCUT2D eigenvalue weighted by Gasteiger charge is -2.14. The van der Waals surface area contributed by atoms with E-state index in [1.165, 1.54) is 6.07 Å². The quantitative estimate of drug-likeness (QED) is 0.652. The molecule has 0 fully saturated rings. The molecule has 0 aliphatic carbocycles. The second-order valence-corrected chi connectivity index (χ2v) is 6.28. The van der Waals surface area contributed by atoms with Crippen molar-refractivity contribution in [1.29, 1.82) is 0 Å². The minimum absolute atomic E-state index is 0.137. The first-order valence-electron chi connectivity index (χ1n) is 6.22. The Hall–Kier alpha value is -1.92. The molecule has 0 aliphatic rings. The highest BCUT2D eigenvalue weighted by molar-refractivity contribution is 7.89. The SMILES string of the molecule is C=CCC(C)NS(=O)(=O)c1ccc(N)c2cccnc12. The fourth-order valence-corrected chi connectivity index (χ4v) is 3.43. The smallest absolute Gasteiger partial charge is 0.242 e. The van der Waals surface area contributed by atoms with E-state index in [1.807, 2.05) is 0 Å². The second kappa shape index (κ2) is 5.60. The van der Waals surface area contributed by atoms with E-state index in [2.05, 4.69) is 16.3 Å². The molecule has 1 aromatic heterocycles. The third-order valence-electron chi connectivity index (χ3n) is 2.93. The average Bonchev–Trinajstić information content (AvgIpc) is 2.38. The first kappa shape index (κ1) is 14.5. The number of nitrogen functional groups attached to an aromatic ring is 1. The average molecular weight is 291 g/mol. The molecule has 3 N–H and O–H groups in total. The van der Waals surface area contributed by atoms with Crippen molar-refractivity contribution in [1.82, 2.24) is 9.71 Å². The van der Waals surface area contributed by atoms with E-state index in [1.54, 1.807) is 37.4 Å². The summed E-state index contributed by atoms with van der Waals surface area (Å²) < 4.78 is 27.4. The highest BCUT2D eigenvalue weighted by atomic mass is 32.2. The van der Waals surface area contributed by atoms with Gasteiger partial charge in [-0.2, -0.15) is 0 Å². The fourth-order valence-electron chi connectivity index (χ4n) is 2.01. The van der Waals surface area contributed by atoms with E-state index in [4.69, 9.17) is 5.73 Å². The number of rotatable bonds is 5. The zero-order chi connectivity index (χ0) is 14.8. The number of anilines is 1. The maximum absolute atomic E-state index is 12.4. The van der Waals surface area contributed by atoms with Gasteiger partial charge in [-0.3, -0.25) is 4.98 Å². The van der Waals surface area contributed by atoms with Crippen LogP contribution in [0.4, 0.5) is 5.69 Å². The maximum Gasteiger partial charge on any atom is 0.242 e. The zero-order valence-electron chi connectivity index (χ0n) is 11.2. The lowest BCUT2D eigenvalue weighted by molar-refractivity contribution is 0.563. The Morgan fingerprint density at radius 1 is 1.45 bits per heavy atom. The number of nitrogens with two attached hydrogens (primary N) is 1. The molecule has 0 bridgehead atoms. The van der Waals surface area contributed by atoms with Gasteiger partial charge in [-0.05, 0) is 37.6 Å². The highest BCUT2D eigenvalue weighted by Gasteiger charge is 2.20. The van der Waals surface area contributed by atoms with Crippen LogP contribution in [-0.2, 0) is 10.0 Å². The molecule has 20 heavy (non-hydrogen) atoms. The van der Waals surface area contributed by atoms with Crippen LogP contribution in [0.5, 0.6) is 0 Å². The van der Waals surface area contributed by atoms with E-state index in [0.717, 1.165) is 0 Å². The van der Waals surface area contributed by atoms with Gasteiger partial charge < -0.3 is 5.73 Å². The van der Waals surface area contributed by atoms with E-state index in [0.29, 0.717) is 23.0 Å². The molecule has 1 heterocycles. The van der Waals surface area contributed by atoms with Crippen molar-refractivity contribution in [3.8, 4) is 0 Å². The van der Waals surface area contributed by atoms with E-state index in [-0.39, 0.29) is 10.9 Å². The molecule has 106 valence electrons. The summed E-state index contributed by atoms with van der Waals surface area (Å²) in [6.07, 6.45) is 3.78. The van der Waals surface area contributed by atoms with Gasteiger partial charge in [-0.15, -0.1) is 6.58 Å². The molecule has 0 amide bonds. The van der Waals surface area contributed by atoms with Gasteiger partial charge in [0.15, 0.2) is 0 Å². The number of benzene rings is 1. The number of aromatic nitrogens is 1. The van der Waals surface area contributed by atoms with E-state index >= 15 is 0 Å². The summed E-state index contributed by atoms with van der Waals surface area (Å²) in [5.74, 6) is 0. The van der Waals surface area contributed by atoms with Crippen LogP contribution in [0.15, 0.2) is 48.0 Å². The van der Waals surface area contributed by atoms with Crippen molar-refractivity contribution in [3.63, 3.8) is 0 Å². The highest BCUT2D eigenvalue weighted by Crippen LogP contribution is 2.25. The van der Waals surface area contributed by atoms with Gasteiger partial charge in [-0.1, -0.05) is 6.08 Å². The molecule has 1 atom stereocenters. The van der Waals surface area contributed by atoms with Gasteiger partial charge in [0, 0.05) is 23.3 Å². The molecule has 0 radical (unpaired) electrons. The Labute approximate surface area is 118 Å². The summed E-state index contributed by atoms with van der Waals surface area (Å²) in [4.78, 5) is 4.28. The van der Waals surface area contributed by atoms with Crippen LogP contribution >= 0.6 is 0 Å². The first-order chi connectivity index (χ1) is 9.45. The summed E-state index contributed by atoms with van der Waals surface area (Å²) in [7, 11) is -3.64. The molecule has 5 nitrogen and oxygen atoms in total. The van der Waals surface area contributed by atoms with Crippen LogP contribution in [-0.4, -0.2) is 19.4 Å². The summed E-state index contributed by atoms with van der Waals surface area (Å²) in [5.41, 5.74) is 6.73. The van der Waals surface area contributed by atoms with E-state index < -0.39 is 10.0 Å². The molecule has 2 rings (SSSR count). The molecule has 0 spiro atoms. The molecular weight excluding hydrogens is 274 g/mol. The Morgan fingerprint density at radius 2 is 2.20 bits per heavy atom. The topological polar surface area (TPSA) is 85.1 Å². The maximum atomic E-state index is 12.4. The Bertz CT molecular complexity index is 741. The standard InChI is InChI=1S/C14H17N3O2S/c1-3-5-10(2)17-20(18,19)13-8-7-12(15)11-6-4-9-16-14(11)13/h3-4,6-10,17H,1,5,15H2,2H3. The van der Waals surface area contributed by atoms with Crippen molar-refractivity contribution in [2.24, 2.45) is 0 Å². The molecule has 1 aromatic carbocycles. The van der Waals surface area contributed by atoms with Crippen LogP contribution in [0.2, 0.25) is 0 Å². The monoisotopic (exact) mass is 291 g/mol. The van der Waals surface area contributed by atoms with Crippen LogP contribution in [0.25, 0.3) is 10.9 Å². The third kappa shape index (κ3) is 2.81. The van der Waals surface area contributed by atoms with Crippen molar-refractivity contribution < 1.29 is 8.42 Å². The Morgan fingerprint density at radius 3 is 2.90 bits per heavy atom. The lowest BCUT2D eigenvalue weighted by Crippen LogP contribution is -2.32. The summed E-state index contributed by atoms with van der Waals surface area (Å²) in [6.45, 7) is 5.39. The lowest BCUT2D eigenvalue weighted by atomic mass is 10.2. The number of fused-ring (bicyclic) bond motifs is 1. The van der Waals surface area contributed by atoms with Crippen LogP contribution in [0.3, 0.4) is 0 Å².